The van der Waals surface area contributed by atoms with Gasteiger partial charge in [-0.15, -0.1) is 0 Å². The molecule has 8 heteroatoms. The number of non-ortho nitro benzene ring substituents is 1. The summed E-state index contributed by atoms with van der Waals surface area (Å²) < 4.78 is 4.77. The summed E-state index contributed by atoms with van der Waals surface area (Å²) in [6, 6.07) is 5.52. The van der Waals surface area contributed by atoms with Crippen molar-refractivity contribution in [1.29, 1.82) is 0 Å². The fourth-order valence-corrected chi connectivity index (χ4v) is 2.58. The average Bonchev–Trinajstić information content (AvgIpc) is 2.55. The highest BCUT2D eigenvalue weighted by molar-refractivity contribution is 6.03. The summed E-state index contributed by atoms with van der Waals surface area (Å²) in [5, 5.41) is 20.5. The van der Waals surface area contributed by atoms with E-state index in [1.54, 1.807) is 14.0 Å². The molecule has 0 aliphatic carbocycles. The van der Waals surface area contributed by atoms with E-state index in [1.807, 2.05) is 0 Å². The Morgan fingerprint density at radius 3 is 2.58 bits per heavy atom. The summed E-state index contributed by atoms with van der Waals surface area (Å²) in [6.45, 7) is 1.67. The molecule has 0 saturated heterocycles. The number of nitro groups is 1. The van der Waals surface area contributed by atoms with Crippen LogP contribution in [0.3, 0.4) is 0 Å². The lowest BCUT2D eigenvalue weighted by molar-refractivity contribution is -0.384. The zero-order valence-electron chi connectivity index (χ0n) is 13.3. The maximum atomic E-state index is 12.2. The first kappa shape index (κ1) is 17.2. The van der Waals surface area contributed by atoms with Crippen molar-refractivity contribution in [2.45, 2.75) is 6.92 Å². The normalized spacial score (nSPS) is 17.4. The Labute approximate surface area is 137 Å². The van der Waals surface area contributed by atoms with Gasteiger partial charge in [-0.1, -0.05) is 12.1 Å². The number of hydrogen-bond donors (Lipinski definition) is 1. The standard InChI is InChI=1S/C16H16N2O6/c1-9-7-12(15(19)20)13(14(17(9)2)16(21)24-3)10-5-4-6-11(8-10)18(22)23/h4-8,12H,1-3H3,(H,19,20). The van der Waals surface area contributed by atoms with E-state index >= 15 is 0 Å². The molecular weight excluding hydrogens is 316 g/mol. The lowest BCUT2D eigenvalue weighted by atomic mass is 9.86. The first-order chi connectivity index (χ1) is 11.3. The Balaban J connectivity index is 2.76. The Kier molecular flexibility index (Phi) is 4.68. The monoisotopic (exact) mass is 332 g/mol. The van der Waals surface area contributed by atoms with Gasteiger partial charge in [0.15, 0.2) is 0 Å². The third-order valence-electron chi connectivity index (χ3n) is 3.85. The van der Waals surface area contributed by atoms with E-state index in [2.05, 4.69) is 0 Å². The molecule has 1 N–H and O–H groups in total. The van der Waals surface area contributed by atoms with E-state index in [1.165, 1.54) is 42.4 Å². The molecule has 0 amide bonds. The van der Waals surface area contributed by atoms with Gasteiger partial charge in [0, 0.05) is 30.5 Å². The van der Waals surface area contributed by atoms with E-state index in [0.717, 1.165) is 0 Å². The molecule has 0 radical (unpaired) electrons. The minimum absolute atomic E-state index is 0.0467. The molecule has 126 valence electrons. The Morgan fingerprint density at radius 2 is 2.04 bits per heavy atom. The van der Waals surface area contributed by atoms with E-state index in [-0.39, 0.29) is 22.5 Å². The van der Waals surface area contributed by atoms with Crippen molar-refractivity contribution < 1.29 is 24.4 Å². The van der Waals surface area contributed by atoms with Gasteiger partial charge in [-0.3, -0.25) is 14.9 Å². The van der Waals surface area contributed by atoms with Crippen LogP contribution in [0.25, 0.3) is 5.57 Å². The van der Waals surface area contributed by atoms with Crippen molar-refractivity contribution in [3.05, 3.63) is 57.4 Å². The van der Waals surface area contributed by atoms with Crippen molar-refractivity contribution in [2.75, 3.05) is 14.2 Å². The number of carbonyl (C=O) groups excluding carboxylic acids is 1. The van der Waals surface area contributed by atoms with Gasteiger partial charge in [0.1, 0.15) is 11.6 Å². The predicted octanol–water partition coefficient (Wildman–Crippen LogP) is 2.03. The van der Waals surface area contributed by atoms with E-state index in [0.29, 0.717) is 5.70 Å². The molecule has 2 rings (SSSR count). The summed E-state index contributed by atoms with van der Waals surface area (Å²) in [6.07, 6.45) is 1.49. The first-order valence-electron chi connectivity index (χ1n) is 7.00. The minimum Gasteiger partial charge on any atom is -0.481 e. The predicted molar refractivity (Wildman–Crippen MR) is 84.7 cm³/mol. The summed E-state index contributed by atoms with van der Waals surface area (Å²) in [5.41, 5.74) is 0.864. The second-order valence-electron chi connectivity index (χ2n) is 5.24. The zero-order valence-corrected chi connectivity index (χ0v) is 13.3. The fourth-order valence-electron chi connectivity index (χ4n) is 2.58. The SMILES string of the molecule is COC(=O)C1=C(c2cccc([N+](=O)[O-])c2)C(C(=O)O)C=C(C)N1C. The number of aliphatic carboxylic acids is 1. The third kappa shape index (κ3) is 2.98. The highest BCUT2D eigenvalue weighted by Gasteiger charge is 2.35. The quantitative estimate of drug-likeness (QED) is 0.510. The molecule has 0 fully saturated rings. The molecule has 1 aromatic rings. The number of carboxylic acid groups (broad SMARTS) is 1. The smallest absolute Gasteiger partial charge is 0.355 e. The molecule has 24 heavy (non-hydrogen) atoms. The molecule has 0 aromatic heterocycles. The molecule has 0 spiro atoms. The van der Waals surface area contributed by atoms with Gasteiger partial charge in [-0.05, 0) is 18.6 Å². The molecular formula is C16H16N2O6. The number of hydrogen-bond acceptors (Lipinski definition) is 6. The van der Waals surface area contributed by atoms with Crippen LogP contribution >= 0.6 is 0 Å². The number of carboxylic acids is 1. The van der Waals surface area contributed by atoms with Crippen LogP contribution in [0, 0.1) is 16.0 Å². The number of benzene rings is 1. The molecule has 1 aromatic carbocycles. The second-order valence-corrected chi connectivity index (χ2v) is 5.24. The van der Waals surface area contributed by atoms with Crippen molar-refractivity contribution in [1.82, 2.24) is 4.90 Å². The van der Waals surface area contributed by atoms with E-state index < -0.39 is 22.8 Å². The largest absolute Gasteiger partial charge is 0.481 e. The number of ether oxygens (including phenoxy) is 1. The van der Waals surface area contributed by atoms with Gasteiger partial charge in [-0.25, -0.2) is 4.79 Å². The van der Waals surface area contributed by atoms with E-state index in [9.17, 15) is 24.8 Å². The third-order valence-corrected chi connectivity index (χ3v) is 3.85. The van der Waals surface area contributed by atoms with Gasteiger partial charge in [0.2, 0.25) is 0 Å². The molecule has 0 bridgehead atoms. The topological polar surface area (TPSA) is 110 Å². The molecule has 1 atom stereocenters. The van der Waals surface area contributed by atoms with Gasteiger partial charge in [0.05, 0.1) is 12.0 Å². The maximum Gasteiger partial charge on any atom is 0.355 e. The van der Waals surface area contributed by atoms with Crippen LogP contribution in [0.15, 0.2) is 41.7 Å². The van der Waals surface area contributed by atoms with Crippen molar-refractivity contribution in [2.24, 2.45) is 5.92 Å². The molecule has 1 aliphatic heterocycles. The van der Waals surface area contributed by atoms with Crippen molar-refractivity contribution >= 4 is 23.2 Å². The van der Waals surface area contributed by atoms with Crippen LogP contribution in [-0.4, -0.2) is 41.0 Å². The van der Waals surface area contributed by atoms with Crippen LogP contribution in [0.2, 0.25) is 0 Å². The summed E-state index contributed by atoms with van der Waals surface area (Å²) >= 11 is 0. The number of esters is 1. The van der Waals surface area contributed by atoms with Crippen LogP contribution < -0.4 is 0 Å². The van der Waals surface area contributed by atoms with Crippen LogP contribution in [0.5, 0.6) is 0 Å². The van der Waals surface area contributed by atoms with Gasteiger partial charge >= 0.3 is 11.9 Å². The van der Waals surface area contributed by atoms with Gasteiger partial charge < -0.3 is 14.7 Å². The maximum absolute atomic E-state index is 12.2. The average molecular weight is 332 g/mol. The van der Waals surface area contributed by atoms with Gasteiger partial charge in [0.25, 0.3) is 5.69 Å². The van der Waals surface area contributed by atoms with Crippen LogP contribution in [-0.2, 0) is 14.3 Å². The van der Waals surface area contributed by atoms with E-state index in [4.69, 9.17) is 4.74 Å². The van der Waals surface area contributed by atoms with Crippen LogP contribution in [0.4, 0.5) is 5.69 Å². The summed E-state index contributed by atoms with van der Waals surface area (Å²) in [7, 11) is 2.80. The molecule has 1 unspecified atom stereocenters. The minimum atomic E-state index is -1.16. The first-order valence-corrected chi connectivity index (χ1v) is 7.00. The fraction of sp³-hybridized carbons (Fsp3) is 0.250. The summed E-state index contributed by atoms with van der Waals surface area (Å²) in [5.74, 6) is -2.99. The zero-order chi connectivity index (χ0) is 18.0. The van der Waals surface area contributed by atoms with Crippen molar-refractivity contribution in [3.63, 3.8) is 0 Å². The highest BCUT2D eigenvalue weighted by atomic mass is 16.6. The Morgan fingerprint density at radius 1 is 1.38 bits per heavy atom. The number of carbonyl (C=O) groups is 2. The van der Waals surface area contributed by atoms with Gasteiger partial charge in [-0.2, -0.15) is 0 Å². The number of nitrogens with zero attached hydrogens (tertiary/aromatic N) is 2. The lowest BCUT2D eigenvalue weighted by Gasteiger charge is -2.31. The number of nitro benzene ring substituents is 1. The van der Waals surface area contributed by atoms with Crippen LogP contribution in [0.1, 0.15) is 12.5 Å². The highest BCUT2D eigenvalue weighted by Crippen LogP contribution is 2.37. The number of likely N-dealkylation sites (N-methyl/N-ethyl adjacent to an activating group) is 1. The second kappa shape index (κ2) is 6.53. The van der Waals surface area contributed by atoms with Crippen molar-refractivity contribution in [3.8, 4) is 0 Å². The molecule has 8 nitrogen and oxygen atoms in total. The number of rotatable bonds is 4. The molecule has 0 saturated carbocycles. The molecule has 1 heterocycles. The molecule has 1 aliphatic rings. The number of allylic oxidation sites excluding steroid dienone is 1. The Hall–Kier alpha value is -3.16. The summed E-state index contributed by atoms with van der Waals surface area (Å²) in [4.78, 5) is 35.8. The lowest BCUT2D eigenvalue weighted by Crippen LogP contribution is -2.32. The Bertz CT molecular complexity index is 781. The number of methoxy groups -OCH3 is 1.